The Hall–Kier alpha value is -2.41. The van der Waals surface area contributed by atoms with Crippen molar-refractivity contribution < 1.29 is 22.4 Å². The summed E-state index contributed by atoms with van der Waals surface area (Å²) in [6.07, 6.45) is -3.78. The zero-order chi connectivity index (χ0) is 19.8. The van der Waals surface area contributed by atoms with Gasteiger partial charge in [0, 0.05) is 13.1 Å². The van der Waals surface area contributed by atoms with E-state index in [1.165, 1.54) is 18.2 Å². The second-order valence-corrected chi connectivity index (χ2v) is 7.26. The van der Waals surface area contributed by atoms with Crippen molar-refractivity contribution in [3.8, 4) is 11.1 Å². The van der Waals surface area contributed by atoms with Crippen LogP contribution < -0.4 is 5.73 Å². The van der Waals surface area contributed by atoms with E-state index in [0.717, 1.165) is 30.7 Å². The van der Waals surface area contributed by atoms with Gasteiger partial charge in [0.15, 0.2) is 0 Å². The summed E-state index contributed by atoms with van der Waals surface area (Å²) in [5.74, 6) is -1.02. The molecule has 1 aliphatic rings. The van der Waals surface area contributed by atoms with Crippen LogP contribution in [-0.4, -0.2) is 30.4 Å². The second kappa shape index (κ2) is 6.96. The minimum atomic E-state index is -4.50. The van der Waals surface area contributed by atoms with Gasteiger partial charge < -0.3 is 10.6 Å². The molecule has 2 aromatic carbocycles. The zero-order valence-corrected chi connectivity index (χ0v) is 14.8. The predicted molar refractivity (Wildman–Crippen MR) is 94.5 cm³/mol. The van der Waals surface area contributed by atoms with Crippen molar-refractivity contribution in [2.24, 2.45) is 11.1 Å². The van der Waals surface area contributed by atoms with Crippen LogP contribution >= 0.6 is 0 Å². The number of hydrogen-bond donors (Lipinski definition) is 1. The summed E-state index contributed by atoms with van der Waals surface area (Å²) in [5.41, 5.74) is 5.28. The summed E-state index contributed by atoms with van der Waals surface area (Å²) >= 11 is 0. The first kappa shape index (κ1) is 19.4. The average Bonchev–Trinajstić information content (AvgIpc) is 3.03. The molecule has 2 aromatic rings. The lowest BCUT2D eigenvalue weighted by Gasteiger charge is -2.23. The van der Waals surface area contributed by atoms with Gasteiger partial charge in [0.25, 0.3) is 5.91 Å². The molecule has 1 atom stereocenters. The van der Waals surface area contributed by atoms with Crippen LogP contribution in [0.5, 0.6) is 0 Å². The molecule has 3 nitrogen and oxygen atoms in total. The number of likely N-dealkylation sites (tertiary alicyclic amines) is 1. The van der Waals surface area contributed by atoms with Gasteiger partial charge in [-0.15, -0.1) is 0 Å². The van der Waals surface area contributed by atoms with E-state index in [4.69, 9.17) is 5.73 Å². The van der Waals surface area contributed by atoms with E-state index in [1.807, 2.05) is 6.92 Å². The number of carbonyl (C=O) groups is 1. The minimum Gasteiger partial charge on any atom is -0.338 e. The number of hydrogen-bond acceptors (Lipinski definition) is 2. The fraction of sp³-hybridized carbons (Fsp3) is 0.350. The van der Waals surface area contributed by atoms with E-state index >= 15 is 0 Å². The summed E-state index contributed by atoms with van der Waals surface area (Å²) in [5, 5.41) is 0. The van der Waals surface area contributed by atoms with Crippen LogP contribution in [0.2, 0.25) is 0 Å². The Morgan fingerprint density at radius 2 is 1.96 bits per heavy atom. The Labute approximate surface area is 154 Å². The van der Waals surface area contributed by atoms with Crippen LogP contribution in [-0.2, 0) is 6.18 Å². The fourth-order valence-corrected chi connectivity index (χ4v) is 3.34. The summed E-state index contributed by atoms with van der Waals surface area (Å²) in [6.45, 7) is 3.30. The van der Waals surface area contributed by atoms with Gasteiger partial charge in [-0.25, -0.2) is 4.39 Å². The number of amides is 1. The van der Waals surface area contributed by atoms with Gasteiger partial charge >= 0.3 is 6.18 Å². The average molecular weight is 380 g/mol. The van der Waals surface area contributed by atoms with Crippen LogP contribution in [0, 0.1) is 11.2 Å². The molecule has 1 saturated heterocycles. The van der Waals surface area contributed by atoms with E-state index in [2.05, 4.69) is 0 Å². The Morgan fingerprint density at radius 1 is 1.22 bits per heavy atom. The van der Waals surface area contributed by atoms with E-state index < -0.39 is 23.5 Å². The van der Waals surface area contributed by atoms with E-state index in [0.29, 0.717) is 19.6 Å². The molecular weight excluding hydrogens is 360 g/mol. The molecule has 144 valence electrons. The van der Waals surface area contributed by atoms with E-state index in [1.54, 1.807) is 4.90 Å². The van der Waals surface area contributed by atoms with Crippen molar-refractivity contribution in [3.05, 3.63) is 59.4 Å². The van der Waals surface area contributed by atoms with Gasteiger partial charge in [-0.05, 0) is 53.8 Å². The van der Waals surface area contributed by atoms with Crippen molar-refractivity contribution in [1.82, 2.24) is 4.90 Å². The normalized spacial score (nSPS) is 20.1. The molecule has 1 unspecified atom stereocenters. The smallest absolute Gasteiger partial charge is 0.338 e. The maximum Gasteiger partial charge on any atom is 0.416 e. The maximum atomic E-state index is 13.8. The zero-order valence-electron chi connectivity index (χ0n) is 14.8. The molecule has 0 radical (unpaired) electrons. The predicted octanol–water partition coefficient (Wildman–Crippen LogP) is 4.32. The number of nitrogens with zero attached hydrogens (tertiary/aromatic N) is 1. The van der Waals surface area contributed by atoms with Crippen molar-refractivity contribution in [3.63, 3.8) is 0 Å². The van der Waals surface area contributed by atoms with Crippen molar-refractivity contribution in [1.29, 1.82) is 0 Å². The molecule has 3 rings (SSSR count). The second-order valence-electron chi connectivity index (χ2n) is 7.26. The quantitative estimate of drug-likeness (QED) is 0.806. The molecule has 7 heteroatoms. The van der Waals surface area contributed by atoms with E-state index in [9.17, 15) is 22.4 Å². The van der Waals surface area contributed by atoms with Crippen molar-refractivity contribution in [2.45, 2.75) is 19.5 Å². The summed E-state index contributed by atoms with van der Waals surface area (Å²) in [6, 6.07) is 8.25. The van der Waals surface area contributed by atoms with Crippen LogP contribution in [0.3, 0.4) is 0 Å². The van der Waals surface area contributed by atoms with Gasteiger partial charge in [0.2, 0.25) is 0 Å². The monoisotopic (exact) mass is 380 g/mol. The Kier molecular flexibility index (Phi) is 4.99. The highest BCUT2D eigenvalue weighted by Gasteiger charge is 2.36. The molecule has 1 fully saturated rings. The van der Waals surface area contributed by atoms with Gasteiger partial charge in [-0.1, -0.05) is 25.1 Å². The van der Waals surface area contributed by atoms with Gasteiger partial charge in [0.05, 0.1) is 11.1 Å². The lowest BCUT2D eigenvalue weighted by molar-refractivity contribution is -0.137. The number of rotatable bonds is 3. The fourth-order valence-electron chi connectivity index (χ4n) is 3.34. The molecule has 1 heterocycles. The third-order valence-corrected chi connectivity index (χ3v) is 5.05. The largest absolute Gasteiger partial charge is 0.416 e. The molecule has 1 amide bonds. The number of nitrogens with two attached hydrogens (primary N) is 1. The third kappa shape index (κ3) is 3.98. The first-order chi connectivity index (χ1) is 12.6. The highest BCUT2D eigenvalue weighted by atomic mass is 19.4. The molecule has 1 aliphatic heterocycles. The number of benzene rings is 2. The van der Waals surface area contributed by atoms with Crippen LogP contribution in [0.25, 0.3) is 11.1 Å². The van der Waals surface area contributed by atoms with Crippen LogP contribution in [0.1, 0.15) is 29.3 Å². The molecule has 0 saturated carbocycles. The summed E-state index contributed by atoms with van der Waals surface area (Å²) in [7, 11) is 0. The van der Waals surface area contributed by atoms with Crippen molar-refractivity contribution >= 4 is 5.91 Å². The SMILES string of the molecule is CC1(CN)CCN(C(=O)c2cc(F)ccc2-c2cccc(C(F)(F)F)c2)C1. The minimum absolute atomic E-state index is 0.0515. The molecule has 2 N–H and O–H groups in total. The number of carbonyl (C=O) groups excluding carboxylic acids is 1. The third-order valence-electron chi connectivity index (χ3n) is 5.05. The molecule has 0 bridgehead atoms. The summed E-state index contributed by atoms with van der Waals surface area (Å²) < 4.78 is 52.9. The number of halogens is 4. The maximum absolute atomic E-state index is 13.8. The van der Waals surface area contributed by atoms with Gasteiger partial charge in [-0.3, -0.25) is 4.79 Å². The highest BCUT2D eigenvalue weighted by molar-refractivity contribution is 6.01. The Morgan fingerprint density at radius 3 is 2.59 bits per heavy atom. The molecular formula is C20H20F4N2O. The van der Waals surface area contributed by atoms with Crippen molar-refractivity contribution in [2.75, 3.05) is 19.6 Å². The van der Waals surface area contributed by atoms with E-state index in [-0.39, 0.29) is 22.1 Å². The first-order valence-corrected chi connectivity index (χ1v) is 8.59. The lowest BCUT2D eigenvalue weighted by Crippen LogP contribution is -2.34. The van der Waals surface area contributed by atoms with Crippen LogP contribution in [0.15, 0.2) is 42.5 Å². The number of alkyl halides is 3. The summed E-state index contributed by atoms with van der Waals surface area (Å²) in [4.78, 5) is 14.6. The van der Waals surface area contributed by atoms with Crippen LogP contribution in [0.4, 0.5) is 17.6 Å². The molecule has 0 aliphatic carbocycles. The van der Waals surface area contributed by atoms with Gasteiger partial charge in [0.1, 0.15) is 5.82 Å². The molecule has 0 aromatic heterocycles. The first-order valence-electron chi connectivity index (χ1n) is 8.59. The molecule has 0 spiro atoms. The highest BCUT2D eigenvalue weighted by Crippen LogP contribution is 2.35. The standard InChI is InChI=1S/C20H20F4N2O/c1-19(11-25)7-8-26(12-19)18(27)17-10-15(21)5-6-16(17)13-3-2-4-14(9-13)20(22,23)24/h2-6,9-10H,7-8,11-12,25H2,1H3. The lowest BCUT2D eigenvalue weighted by atomic mass is 9.90. The van der Waals surface area contributed by atoms with Gasteiger partial charge in [-0.2, -0.15) is 13.2 Å². The Bertz CT molecular complexity index is 865. The topological polar surface area (TPSA) is 46.3 Å². The molecule has 27 heavy (non-hydrogen) atoms. The Balaban J connectivity index is 2.01.